The van der Waals surface area contributed by atoms with Crippen molar-refractivity contribution in [3.8, 4) is 0 Å². The van der Waals surface area contributed by atoms with Gasteiger partial charge < -0.3 is 15.3 Å². The Morgan fingerprint density at radius 2 is 1.65 bits per heavy atom. The predicted molar refractivity (Wildman–Crippen MR) is 138 cm³/mol. The van der Waals surface area contributed by atoms with Crippen LogP contribution in [0.4, 0.5) is 24.8 Å². The zero-order valence-electron chi connectivity index (χ0n) is 19.8. The second-order valence-electron chi connectivity index (χ2n) is 9.01. The molecule has 2 aliphatic rings. The fourth-order valence-corrected chi connectivity index (χ4v) is 4.29. The van der Waals surface area contributed by atoms with Gasteiger partial charge in [0.05, 0.1) is 11.0 Å². The van der Waals surface area contributed by atoms with Crippen LogP contribution in [0, 0.1) is 5.92 Å². The fraction of sp³-hybridized carbons (Fsp3) is 0.400. The summed E-state index contributed by atoms with van der Waals surface area (Å²) < 4.78 is 31.7. The monoisotopic (exact) mass is 555 g/mol. The van der Waals surface area contributed by atoms with Crippen LogP contribution in [0.25, 0.3) is 11.0 Å². The highest BCUT2D eigenvalue weighted by Gasteiger charge is 2.38. The van der Waals surface area contributed by atoms with Gasteiger partial charge >= 0.3 is 12.1 Å². The minimum Gasteiger partial charge on any atom is -0.475 e. The number of aromatic nitrogens is 2. The molecule has 7 nitrogen and oxygen atoms in total. The van der Waals surface area contributed by atoms with E-state index in [2.05, 4.69) is 15.1 Å². The molecular weight excluding hydrogens is 530 g/mol. The molecule has 2 heterocycles. The molecule has 0 bridgehead atoms. The van der Waals surface area contributed by atoms with Crippen LogP contribution < -0.4 is 10.2 Å². The van der Waals surface area contributed by atoms with E-state index in [1.54, 1.807) is 0 Å². The third kappa shape index (κ3) is 7.59. The van der Waals surface area contributed by atoms with Gasteiger partial charge in [-0.25, -0.2) is 14.8 Å². The standard InChI is InChI=1S/C23H25Cl2N5.C2HF3O2/c24-18-7-8-19(25)17(13-18)15-29-9-11-30(12-10-29)23-22(26-14-16-5-6-16)27-20-3-1-2-4-21(20)28-23;3-2(4,5)1(6)7/h1-4,7-8,13,16H,5-6,9-12,14-15H2,(H,26,27);(H,6,7). The molecular formula is C25H26Cl2F3N5O2. The van der Waals surface area contributed by atoms with Crippen molar-refractivity contribution in [3.05, 3.63) is 58.1 Å². The third-order valence-electron chi connectivity index (χ3n) is 6.12. The average Bonchev–Trinajstić information content (AvgIpc) is 3.69. The molecule has 1 saturated carbocycles. The summed E-state index contributed by atoms with van der Waals surface area (Å²) in [6, 6.07) is 13.8. The Labute approximate surface area is 222 Å². The molecule has 198 valence electrons. The molecule has 1 aromatic heterocycles. The van der Waals surface area contributed by atoms with E-state index < -0.39 is 12.1 Å². The van der Waals surface area contributed by atoms with Crippen molar-refractivity contribution >= 4 is 51.8 Å². The molecule has 0 spiro atoms. The fourth-order valence-electron chi connectivity index (χ4n) is 3.92. The molecule has 0 unspecified atom stereocenters. The molecule has 2 aromatic carbocycles. The Morgan fingerprint density at radius 1 is 1.03 bits per heavy atom. The molecule has 12 heteroatoms. The van der Waals surface area contributed by atoms with Gasteiger partial charge in [-0.2, -0.15) is 13.2 Å². The maximum absolute atomic E-state index is 10.6. The Bertz CT molecular complexity index is 1250. The summed E-state index contributed by atoms with van der Waals surface area (Å²) in [5, 5.41) is 12.2. The number of piperazine rings is 1. The van der Waals surface area contributed by atoms with Crippen molar-refractivity contribution in [3.63, 3.8) is 0 Å². The lowest BCUT2D eigenvalue weighted by molar-refractivity contribution is -0.192. The minimum absolute atomic E-state index is 0.728. The maximum Gasteiger partial charge on any atom is 0.490 e. The Hall–Kier alpha value is -2.82. The molecule has 37 heavy (non-hydrogen) atoms. The summed E-state index contributed by atoms with van der Waals surface area (Å²) in [7, 11) is 0. The summed E-state index contributed by atoms with van der Waals surface area (Å²) in [6.45, 7) is 5.49. The van der Waals surface area contributed by atoms with Crippen LogP contribution >= 0.6 is 23.2 Å². The van der Waals surface area contributed by atoms with E-state index in [-0.39, 0.29) is 0 Å². The summed E-state index contributed by atoms with van der Waals surface area (Å²) >= 11 is 12.5. The van der Waals surface area contributed by atoms with Crippen molar-refractivity contribution in [1.29, 1.82) is 0 Å². The highest BCUT2D eigenvalue weighted by Crippen LogP contribution is 2.31. The van der Waals surface area contributed by atoms with Crippen LogP contribution in [-0.2, 0) is 11.3 Å². The van der Waals surface area contributed by atoms with E-state index in [9.17, 15) is 13.2 Å². The zero-order valence-corrected chi connectivity index (χ0v) is 21.3. The number of carboxylic acid groups (broad SMARTS) is 1. The van der Waals surface area contributed by atoms with E-state index in [1.807, 2.05) is 42.5 Å². The van der Waals surface area contributed by atoms with E-state index in [0.717, 1.165) is 83.5 Å². The largest absolute Gasteiger partial charge is 0.490 e. The SMILES string of the molecule is Clc1ccc(Cl)c(CN2CCN(c3nc4ccccc4nc3NCC3CC3)CC2)c1.O=C(O)C(F)(F)F. The summed E-state index contributed by atoms with van der Waals surface area (Å²) in [5.74, 6) is -0.0976. The zero-order chi connectivity index (χ0) is 26.6. The molecule has 2 N–H and O–H groups in total. The van der Waals surface area contributed by atoms with Gasteiger partial charge in [-0.15, -0.1) is 0 Å². The van der Waals surface area contributed by atoms with Crippen molar-refractivity contribution < 1.29 is 23.1 Å². The molecule has 0 atom stereocenters. The highest BCUT2D eigenvalue weighted by molar-refractivity contribution is 6.33. The van der Waals surface area contributed by atoms with E-state index >= 15 is 0 Å². The first-order valence-electron chi connectivity index (χ1n) is 11.8. The van der Waals surface area contributed by atoms with Crippen molar-refractivity contribution in [2.24, 2.45) is 5.92 Å². The van der Waals surface area contributed by atoms with Gasteiger partial charge in [-0.05, 0) is 54.7 Å². The first-order chi connectivity index (χ1) is 17.6. The van der Waals surface area contributed by atoms with Crippen LogP contribution in [-0.4, -0.2) is 64.8 Å². The number of rotatable bonds is 6. The second-order valence-corrected chi connectivity index (χ2v) is 9.85. The average molecular weight is 556 g/mol. The molecule has 0 radical (unpaired) electrons. The maximum atomic E-state index is 10.6. The number of benzene rings is 2. The molecule has 5 rings (SSSR count). The number of nitrogens with zero attached hydrogens (tertiary/aromatic N) is 4. The molecule has 0 amide bonds. The van der Waals surface area contributed by atoms with Crippen molar-refractivity contribution in [2.75, 3.05) is 42.9 Å². The Balaban J connectivity index is 0.000000405. The molecule has 1 saturated heterocycles. The lowest BCUT2D eigenvalue weighted by Crippen LogP contribution is -2.46. The van der Waals surface area contributed by atoms with Crippen LogP contribution in [0.2, 0.25) is 10.0 Å². The number of carboxylic acids is 1. The number of fused-ring (bicyclic) bond motifs is 1. The molecule has 1 aliphatic heterocycles. The van der Waals surface area contributed by atoms with Gasteiger partial charge in [-0.3, -0.25) is 4.90 Å². The smallest absolute Gasteiger partial charge is 0.475 e. The Morgan fingerprint density at radius 3 is 2.24 bits per heavy atom. The minimum atomic E-state index is -5.08. The topological polar surface area (TPSA) is 81.6 Å². The predicted octanol–water partition coefficient (Wildman–Crippen LogP) is 5.71. The normalized spacial score (nSPS) is 16.3. The second kappa shape index (κ2) is 11.7. The van der Waals surface area contributed by atoms with Gasteiger partial charge in [0.15, 0.2) is 11.6 Å². The van der Waals surface area contributed by atoms with Gasteiger partial charge in [0.1, 0.15) is 0 Å². The number of nitrogens with one attached hydrogen (secondary N) is 1. The van der Waals surface area contributed by atoms with Gasteiger partial charge in [-0.1, -0.05) is 35.3 Å². The number of hydrogen-bond acceptors (Lipinski definition) is 6. The van der Waals surface area contributed by atoms with E-state index in [1.165, 1.54) is 12.8 Å². The highest BCUT2D eigenvalue weighted by atomic mass is 35.5. The van der Waals surface area contributed by atoms with Crippen LogP contribution in [0.15, 0.2) is 42.5 Å². The third-order valence-corrected chi connectivity index (χ3v) is 6.73. The van der Waals surface area contributed by atoms with E-state index in [4.69, 9.17) is 43.1 Å². The lowest BCUT2D eigenvalue weighted by atomic mass is 10.2. The number of alkyl halides is 3. The van der Waals surface area contributed by atoms with Crippen LogP contribution in [0.3, 0.4) is 0 Å². The number of para-hydroxylation sites is 2. The first-order valence-corrected chi connectivity index (χ1v) is 12.6. The summed E-state index contributed by atoms with van der Waals surface area (Å²) in [5.41, 5.74) is 2.96. The number of hydrogen-bond donors (Lipinski definition) is 2. The van der Waals surface area contributed by atoms with E-state index in [0.29, 0.717) is 0 Å². The van der Waals surface area contributed by atoms with Crippen molar-refractivity contribution in [2.45, 2.75) is 25.6 Å². The van der Waals surface area contributed by atoms with Gasteiger partial charge in [0.2, 0.25) is 0 Å². The number of carbonyl (C=O) groups is 1. The number of anilines is 2. The molecule has 3 aromatic rings. The number of halogens is 5. The van der Waals surface area contributed by atoms with Crippen LogP contribution in [0.5, 0.6) is 0 Å². The van der Waals surface area contributed by atoms with Crippen LogP contribution in [0.1, 0.15) is 18.4 Å². The summed E-state index contributed by atoms with van der Waals surface area (Å²) in [4.78, 5) is 23.5. The Kier molecular flexibility index (Phi) is 8.61. The van der Waals surface area contributed by atoms with Gasteiger partial charge in [0.25, 0.3) is 0 Å². The molecule has 1 aliphatic carbocycles. The lowest BCUT2D eigenvalue weighted by Gasteiger charge is -2.36. The van der Waals surface area contributed by atoms with Crippen molar-refractivity contribution in [1.82, 2.24) is 14.9 Å². The number of aliphatic carboxylic acids is 1. The quantitative estimate of drug-likeness (QED) is 0.403. The summed E-state index contributed by atoms with van der Waals surface area (Å²) in [6.07, 6.45) is -2.46. The molecule has 2 fully saturated rings. The first kappa shape index (κ1) is 27.2. The van der Waals surface area contributed by atoms with Gasteiger partial charge in [0, 0.05) is 49.3 Å².